The number of ether oxygens (including phenoxy) is 1. The Morgan fingerprint density at radius 1 is 1.52 bits per heavy atom. The highest BCUT2D eigenvalue weighted by atomic mass is 32.2. The van der Waals surface area contributed by atoms with Crippen LogP contribution in [0.1, 0.15) is 6.92 Å². The lowest BCUT2D eigenvalue weighted by Crippen LogP contribution is -2.41. The fraction of sp³-hybridized carbons (Fsp3) is 0.353. The third-order valence-electron chi connectivity index (χ3n) is 3.48. The highest BCUT2D eigenvalue weighted by Gasteiger charge is 2.44. The molecule has 2 N–H and O–H groups in total. The van der Waals surface area contributed by atoms with E-state index in [4.69, 9.17) is 4.74 Å². The first-order chi connectivity index (χ1) is 12.1. The second kappa shape index (κ2) is 9.11. The largest absolute Gasteiger partial charge is 0.465 e. The van der Waals surface area contributed by atoms with E-state index in [9.17, 15) is 20.0 Å². The second-order valence-corrected chi connectivity index (χ2v) is 6.27. The third kappa shape index (κ3) is 4.53. The Balaban J connectivity index is 2.21. The number of carbonyl (C=O) groups is 2. The molecule has 8 heteroatoms. The quantitative estimate of drug-likeness (QED) is 0.561. The summed E-state index contributed by atoms with van der Waals surface area (Å²) in [7, 11) is 0. The maximum atomic E-state index is 12.6. The van der Waals surface area contributed by atoms with Gasteiger partial charge in [-0.15, -0.1) is 0 Å². The number of β-amino-alcohol motifs (C(OH)–C–C–N with tert-alkyl or cyclic N) is 1. The summed E-state index contributed by atoms with van der Waals surface area (Å²) in [5, 5.41) is 20.9. The Hall–Kier alpha value is -2.50. The number of rotatable bonds is 7. The van der Waals surface area contributed by atoms with Crippen molar-refractivity contribution in [1.29, 1.82) is 5.26 Å². The molecule has 2 rings (SSSR count). The van der Waals surface area contributed by atoms with Gasteiger partial charge in [-0.3, -0.25) is 9.59 Å². The van der Waals surface area contributed by atoms with Gasteiger partial charge in [0.15, 0.2) is 5.92 Å². The minimum absolute atomic E-state index is 0.0385. The van der Waals surface area contributed by atoms with Gasteiger partial charge in [-0.25, -0.2) is 0 Å². The third-order valence-corrected chi connectivity index (χ3v) is 4.79. The SMILES string of the molecule is CCOC(=O)C(C#N)[C@@H]1S/C(=C/Nc2ccccc2)C(=O)N1CCO. The average molecular weight is 361 g/mol. The molecule has 1 unspecified atom stereocenters. The summed E-state index contributed by atoms with van der Waals surface area (Å²) in [6.07, 6.45) is 1.55. The van der Waals surface area contributed by atoms with E-state index in [1.807, 2.05) is 36.4 Å². The first-order valence-corrected chi connectivity index (χ1v) is 8.66. The highest BCUT2D eigenvalue weighted by molar-refractivity contribution is 8.05. The zero-order chi connectivity index (χ0) is 18.2. The van der Waals surface area contributed by atoms with Crippen molar-refractivity contribution in [2.24, 2.45) is 5.92 Å². The van der Waals surface area contributed by atoms with Crippen LogP contribution in [0.4, 0.5) is 5.69 Å². The van der Waals surface area contributed by atoms with Crippen LogP contribution >= 0.6 is 11.8 Å². The molecule has 0 saturated carbocycles. The summed E-state index contributed by atoms with van der Waals surface area (Å²) in [6, 6.07) is 11.2. The number of hydrogen-bond donors (Lipinski definition) is 2. The molecule has 7 nitrogen and oxygen atoms in total. The number of anilines is 1. The molecule has 1 aliphatic rings. The molecule has 1 fully saturated rings. The molecule has 132 valence electrons. The summed E-state index contributed by atoms with van der Waals surface area (Å²) in [5.41, 5.74) is 0.808. The van der Waals surface area contributed by atoms with Crippen LogP contribution in [0.3, 0.4) is 0 Å². The van der Waals surface area contributed by atoms with E-state index >= 15 is 0 Å². The molecule has 0 aliphatic carbocycles. The molecule has 25 heavy (non-hydrogen) atoms. The molecule has 2 atom stereocenters. The molecule has 1 heterocycles. The highest BCUT2D eigenvalue weighted by Crippen LogP contribution is 2.39. The van der Waals surface area contributed by atoms with Crippen LogP contribution in [-0.4, -0.2) is 47.0 Å². The number of nitriles is 1. The first-order valence-electron chi connectivity index (χ1n) is 7.78. The number of hydrogen-bond acceptors (Lipinski definition) is 7. The molecule has 0 radical (unpaired) electrons. The number of nitrogens with one attached hydrogen (secondary N) is 1. The smallest absolute Gasteiger partial charge is 0.326 e. The van der Waals surface area contributed by atoms with Crippen LogP contribution in [0.25, 0.3) is 0 Å². The number of thioether (sulfide) groups is 1. The van der Waals surface area contributed by atoms with Crippen molar-refractivity contribution in [3.8, 4) is 6.07 Å². The van der Waals surface area contributed by atoms with Crippen LogP contribution in [-0.2, 0) is 14.3 Å². The van der Waals surface area contributed by atoms with E-state index in [-0.39, 0.29) is 25.7 Å². The van der Waals surface area contributed by atoms with Gasteiger partial charge in [0.05, 0.1) is 24.2 Å². The minimum atomic E-state index is -1.12. The van der Waals surface area contributed by atoms with E-state index in [0.717, 1.165) is 17.4 Å². The molecule has 1 saturated heterocycles. The van der Waals surface area contributed by atoms with Crippen LogP contribution < -0.4 is 5.32 Å². The van der Waals surface area contributed by atoms with Crippen molar-refractivity contribution in [2.45, 2.75) is 12.3 Å². The summed E-state index contributed by atoms with van der Waals surface area (Å²) < 4.78 is 4.92. The van der Waals surface area contributed by atoms with Gasteiger partial charge < -0.3 is 20.1 Å². The van der Waals surface area contributed by atoms with E-state index in [0.29, 0.717) is 4.91 Å². The summed E-state index contributed by atoms with van der Waals surface area (Å²) in [5.74, 6) is -2.13. The number of aliphatic hydroxyl groups excluding tert-OH is 1. The van der Waals surface area contributed by atoms with Gasteiger partial charge in [0.2, 0.25) is 0 Å². The summed E-state index contributed by atoms with van der Waals surface area (Å²) in [4.78, 5) is 26.3. The molecule has 1 aromatic carbocycles. The van der Waals surface area contributed by atoms with E-state index in [1.165, 1.54) is 4.90 Å². The van der Waals surface area contributed by atoms with Gasteiger partial charge in [-0.1, -0.05) is 30.0 Å². The van der Waals surface area contributed by atoms with Crippen molar-refractivity contribution in [1.82, 2.24) is 4.90 Å². The minimum Gasteiger partial charge on any atom is -0.465 e. The van der Waals surface area contributed by atoms with Crippen LogP contribution in [0.15, 0.2) is 41.4 Å². The first kappa shape index (κ1) is 18.8. The maximum absolute atomic E-state index is 12.6. The monoisotopic (exact) mass is 361 g/mol. The number of amides is 1. The van der Waals surface area contributed by atoms with E-state index in [2.05, 4.69) is 5.32 Å². The molecule has 1 aromatic rings. The molecule has 0 bridgehead atoms. The number of carbonyl (C=O) groups excluding carboxylic acids is 2. The molecule has 1 aliphatic heterocycles. The second-order valence-electron chi connectivity index (χ2n) is 5.11. The zero-order valence-corrected chi connectivity index (χ0v) is 14.5. The Bertz CT molecular complexity index is 687. The number of esters is 1. The lowest BCUT2D eigenvalue weighted by atomic mass is 10.1. The van der Waals surface area contributed by atoms with Crippen LogP contribution in [0.5, 0.6) is 0 Å². The predicted octanol–water partition coefficient (Wildman–Crippen LogP) is 1.54. The fourth-order valence-corrected chi connectivity index (χ4v) is 3.57. The van der Waals surface area contributed by atoms with Gasteiger partial charge in [0.1, 0.15) is 5.37 Å². The Morgan fingerprint density at radius 2 is 2.24 bits per heavy atom. The van der Waals surface area contributed by atoms with E-state index in [1.54, 1.807) is 13.1 Å². The van der Waals surface area contributed by atoms with Gasteiger partial charge >= 0.3 is 5.97 Å². The molecule has 1 amide bonds. The van der Waals surface area contributed by atoms with Crippen LogP contribution in [0, 0.1) is 17.2 Å². The normalized spacial score (nSPS) is 19.6. The van der Waals surface area contributed by atoms with Gasteiger partial charge in [-0.05, 0) is 19.1 Å². The summed E-state index contributed by atoms with van der Waals surface area (Å²) in [6.45, 7) is 1.58. The van der Waals surface area contributed by atoms with Gasteiger partial charge in [0, 0.05) is 18.4 Å². The molecule has 0 spiro atoms. The lowest BCUT2D eigenvalue weighted by molar-refractivity contribution is -0.147. The molecular weight excluding hydrogens is 342 g/mol. The van der Waals surface area contributed by atoms with Gasteiger partial charge in [-0.2, -0.15) is 5.26 Å². The topological polar surface area (TPSA) is 103 Å². The number of para-hydroxylation sites is 1. The van der Waals surface area contributed by atoms with Crippen molar-refractivity contribution < 1.29 is 19.4 Å². The maximum Gasteiger partial charge on any atom is 0.326 e. The summed E-state index contributed by atoms with van der Waals surface area (Å²) >= 11 is 1.11. The van der Waals surface area contributed by atoms with Crippen molar-refractivity contribution in [3.05, 3.63) is 41.4 Å². The molecule has 0 aromatic heterocycles. The number of benzene rings is 1. The fourth-order valence-electron chi connectivity index (χ4n) is 2.33. The standard InChI is InChI=1S/C17H19N3O4S/c1-2-24-17(23)13(10-18)16-20(8-9-21)15(22)14(25-16)11-19-12-6-4-3-5-7-12/h3-7,11,13,16,19,21H,2,8-9H2,1H3/b14-11+/t13?,16-/m0/s1. The lowest BCUT2D eigenvalue weighted by Gasteiger charge is -2.24. The van der Waals surface area contributed by atoms with Crippen LogP contribution in [0.2, 0.25) is 0 Å². The average Bonchev–Trinajstić information content (AvgIpc) is 2.92. The van der Waals surface area contributed by atoms with Crippen molar-refractivity contribution in [2.75, 3.05) is 25.1 Å². The van der Waals surface area contributed by atoms with Crippen molar-refractivity contribution in [3.63, 3.8) is 0 Å². The Kier molecular flexibility index (Phi) is 6.86. The molecular formula is C17H19N3O4S. The predicted molar refractivity (Wildman–Crippen MR) is 94.1 cm³/mol. The zero-order valence-electron chi connectivity index (χ0n) is 13.7. The number of nitrogens with zero attached hydrogens (tertiary/aromatic N) is 2. The Morgan fingerprint density at radius 3 is 2.84 bits per heavy atom. The van der Waals surface area contributed by atoms with E-state index < -0.39 is 17.3 Å². The van der Waals surface area contributed by atoms with Gasteiger partial charge in [0.25, 0.3) is 5.91 Å². The van der Waals surface area contributed by atoms with Crippen molar-refractivity contribution >= 4 is 29.3 Å². The Labute approximate surface area is 150 Å². The number of aliphatic hydroxyl groups is 1.